The number of nitrogens with zero attached hydrogens (tertiary/aromatic N) is 2. The highest BCUT2D eigenvalue weighted by Gasteiger charge is 2.22. The number of hydrogen-bond donors (Lipinski definition) is 1. The lowest BCUT2D eigenvalue weighted by atomic mass is 10.1. The van der Waals surface area contributed by atoms with Crippen LogP contribution in [0.2, 0.25) is 0 Å². The van der Waals surface area contributed by atoms with Crippen LogP contribution >= 0.6 is 24.0 Å². The summed E-state index contributed by atoms with van der Waals surface area (Å²) < 4.78 is 11.4. The zero-order chi connectivity index (χ0) is 16.3. The Morgan fingerprint density at radius 1 is 1.21 bits per heavy atom. The molecule has 0 aliphatic carbocycles. The summed E-state index contributed by atoms with van der Waals surface area (Å²) in [6.07, 6.45) is 2.33. The van der Waals surface area contributed by atoms with Crippen molar-refractivity contribution in [3.63, 3.8) is 0 Å². The summed E-state index contributed by atoms with van der Waals surface area (Å²) in [5.41, 5.74) is 0. The van der Waals surface area contributed by atoms with Crippen LogP contribution in [-0.4, -0.2) is 56.4 Å². The topological polar surface area (TPSA) is 46.1 Å². The second-order valence-electron chi connectivity index (χ2n) is 5.55. The molecule has 1 heterocycles. The average Bonchev–Trinajstić information content (AvgIpc) is 2.59. The first-order valence-electron chi connectivity index (χ1n) is 8.66. The largest absolute Gasteiger partial charge is 0.490 e. The molecule has 0 unspecified atom stereocenters. The zero-order valence-corrected chi connectivity index (χ0v) is 17.1. The van der Waals surface area contributed by atoms with Crippen molar-refractivity contribution in [1.82, 2.24) is 10.2 Å². The molecule has 1 aliphatic rings. The van der Waals surface area contributed by atoms with E-state index in [0.717, 1.165) is 50.8 Å². The molecule has 2 rings (SSSR count). The molecule has 0 spiro atoms. The van der Waals surface area contributed by atoms with Gasteiger partial charge in [0.2, 0.25) is 0 Å². The number of nitrogens with one attached hydrogen (secondary N) is 1. The molecule has 1 saturated heterocycles. The van der Waals surface area contributed by atoms with Gasteiger partial charge in [0.1, 0.15) is 11.9 Å². The Bertz CT molecular complexity index is 463. The van der Waals surface area contributed by atoms with E-state index in [2.05, 4.69) is 22.1 Å². The van der Waals surface area contributed by atoms with Crippen molar-refractivity contribution in [3.8, 4) is 5.75 Å². The van der Waals surface area contributed by atoms with Gasteiger partial charge < -0.3 is 19.7 Å². The van der Waals surface area contributed by atoms with Crippen molar-refractivity contribution in [2.45, 2.75) is 32.8 Å². The van der Waals surface area contributed by atoms with Crippen LogP contribution in [0.15, 0.2) is 35.3 Å². The first-order valence-corrected chi connectivity index (χ1v) is 8.66. The number of ether oxygens (including phenoxy) is 2. The number of para-hydroxylation sites is 1. The molecule has 1 N–H and O–H groups in total. The zero-order valence-electron chi connectivity index (χ0n) is 14.7. The van der Waals surface area contributed by atoms with Crippen LogP contribution in [0.25, 0.3) is 0 Å². The van der Waals surface area contributed by atoms with Gasteiger partial charge in [-0.1, -0.05) is 18.2 Å². The molecule has 136 valence electrons. The van der Waals surface area contributed by atoms with E-state index < -0.39 is 0 Å². The summed E-state index contributed by atoms with van der Waals surface area (Å²) in [6.45, 7) is 9.06. The molecule has 1 aliphatic heterocycles. The summed E-state index contributed by atoms with van der Waals surface area (Å²) in [6, 6.07) is 10.1. The third kappa shape index (κ3) is 7.25. The van der Waals surface area contributed by atoms with E-state index in [1.807, 2.05) is 37.3 Å². The minimum absolute atomic E-state index is 0. The lowest BCUT2D eigenvalue weighted by Gasteiger charge is -2.34. The van der Waals surface area contributed by atoms with Crippen LogP contribution in [0, 0.1) is 0 Å². The van der Waals surface area contributed by atoms with Crippen molar-refractivity contribution in [1.29, 1.82) is 0 Å². The molecule has 24 heavy (non-hydrogen) atoms. The van der Waals surface area contributed by atoms with Crippen LogP contribution in [0.3, 0.4) is 0 Å². The van der Waals surface area contributed by atoms with Gasteiger partial charge >= 0.3 is 0 Å². The Balaban J connectivity index is 0.00000288. The molecule has 0 amide bonds. The van der Waals surface area contributed by atoms with E-state index in [0.29, 0.717) is 19.3 Å². The maximum absolute atomic E-state index is 6.05. The van der Waals surface area contributed by atoms with Gasteiger partial charge in [0.25, 0.3) is 0 Å². The molecule has 5 nitrogen and oxygen atoms in total. The summed E-state index contributed by atoms with van der Waals surface area (Å²) in [5.74, 6) is 1.95. The molecule has 0 bridgehead atoms. The summed E-state index contributed by atoms with van der Waals surface area (Å²) in [4.78, 5) is 6.97. The normalized spacial score (nSPS) is 15.8. The van der Waals surface area contributed by atoms with Gasteiger partial charge in [-0.15, -0.1) is 24.0 Å². The number of likely N-dealkylation sites (tertiary alicyclic amines) is 1. The fourth-order valence-electron chi connectivity index (χ4n) is 2.66. The standard InChI is InChI=1S/C18H29N3O2.HI/c1-3-19-18(20-12-15-22-4-2)21-13-10-17(11-14-21)23-16-8-6-5-7-9-16;/h5-9,17H,3-4,10-15H2,1-2H3,(H,19,20);1H. The smallest absolute Gasteiger partial charge is 0.193 e. The highest BCUT2D eigenvalue weighted by Crippen LogP contribution is 2.18. The fourth-order valence-corrected chi connectivity index (χ4v) is 2.66. The van der Waals surface area contributed by atoms with Gasteiger partial charge in [-0.25, -0.2) is 0 Å². The second-order valence-corrected chi connectivity index (χ2v) is 5.55. The minimum Gasteiger partial charge on any atom is -0.490 e. The van der Waals surface area contributed by atoms with Crippen LogP contribution in [0.1, 0.15) is 26.7 Å². The number of benzene rings is 1. The quantitative estimate of drug-likeness (QED) is 0.302. The number of piperidine rings is 1. The average molecular weight is 447 g/mol. The van der Waals surface area contributed by atoms with Gasteiger partial charge in [0.05, 0.1) is 13.2 Å². The van der Waals surface area contributed by atoms with Crippen molar-refractivity contribution in [3.05, 3.63) is 30.3 Å². The molecule has 0 atom stereocenters. The number of hydrogen-bond acceptors (Lipinski definition) is 3. The number of rotatable bonds is 7. The van der Waals surface area contributed by atoms with Crippen LogP contribution in [0.5, 0.6) is 5.75 Å². The molecular weight excluding hydrogens is 417 g/mol. The number of halogens is 1. The van der Waals surface area contributed by atoms with Gasteiger partial charge in [-0.2, -0.15) is 0 Å². The lowest BCUT2D eigenvalue weighted by Crippen LogP contribution is -2.47. The van der Waals surface area contributed by atoms with Crippen molar-refractivity contribution in [2.24, 2.45) is 4.99 Å². The maximum Gasteiger partial charge on any atom is 0.193 e. The van der Waals surface area contributed by atoms with Gasteiger partial charge in [-0.05, 0) is 26.0 Å². The lowest BCUT2D eigenvalue weighted by molar-refractivity contribution is 0.129. The van der Waals surface area contributed by atoms with Gasteiger partial charge in [0.15, 0.2) is 5.96 Å². The molecule has 6 heteroatoms. The molecule has 1 aromatic carbocycles. The molecule has 0 aromatic heterocycles. The SMILES string of the molecule is CCNC(=NCCOCC)N1CCC(Oc2ccccc2)CC1.I. The minimum atomic E-state index is 0. The fraction of sp³-hybridized carbons (Fsp3) is 0.611. The van der Waals surface area contributed by atoms with E-state index in [1.165, 1.54) is 0 Å². The predicted molar refractivity (Wildman–Crippen MR) is 110 cm³/mol. The monoisotopic (exact) mass is 447 g/mol. The van der Waals surface area contributed by atoms with E-state index in [4.69, 9.17) is 9.47 Å². The van der Waals surface area contributed by atoms with Crippen LogP contribution < -0.4 is 10.1 Å². The van der Waals surface area contributed by atoms with Crippen molar-refractivity contribution in [2.75, 3.05) is 39.4 Å². The van der Waals surface area contributed by atoms with E-state index in [1.54, 1.807) is 0 Å². The summed E-state index contributed by atoms with van der Waals surface area (Å²) in [7, 11) is 0. The Labute approximate surface area is 162 Å². The molecule has 0 radical (unpaired) electrons. The Morgan fingerprint density at radius 3 is 2.54 bits per heavy atom. The predicted octanol–water partition coefficient (Wildman–Crippen LogP) is 3.15. The Kier molecular flexibility index (Phi) is 10.8. The van der Waals surface area contributed by atoms with Crippen LogP contribution in [-0.2, 0) is 4.74 Å². The highest BCUT2D eigenvalue weighted by molar-refractivity contribution is 14.0. The Hall–Kier alpha value is -1.02. The second kappa shape index (κ2) is 12.4. The molecular formula is C18H30IN3O2. The highest BCUT2D eigenvalue weighted by atomic mass is 127. The van der Waals surface area contributed by atoms with Crippen LogP contribution in [0.4, 0.5) is 0 Å². The molecule has 1 aromatic rings. The van der Waals surface area contributed by atoms with Gasteiger partial charge in [0, 0.05) is 39.1 Å². The maximum atomic E-state index is 6.05. The Morgan fingerprint density at radius 2 is 1.92 bits per heavy atom. The van der Waals surface area contributed by atoms with E-state index >= 15 is 0 Å². The third-order valence-electron chi connectivity index (χ3n) is 3.82. The van der Waals surface area contributed by atoms with Gasteiger partial charge in [-0.3, -0.25) is 4.99 Å². The van der Waals surface area contributed by atoms with E-state index in [9.17, 15) is 0 Å². The van der Waals surface area contributed by atoms with E-state index in [-0.39, 0.29) is 24.0 Å². The van der Waals surface area contributed by atoms with Crippen molar-refractivity contribution < 1.29 is 9.47 Å². The first kappa shape index (κ1) is 21.0. The first-order chi connectivity index (χ1) is 11.3. The summed E-state index contributed by atoms with van der Waals surface area (Å²) in [5, 5.41) is 3.37. The number of guanidine groups is 1. The van der Waals surface area contributed by atoms with Crippen molar-refractivity contribution >= 4 is 29.9 Å². The number of aliphatic imine (C=N–C) groups is 1. The molecule has 0 saturated carbocycles. The third-order valence-corrected chi connectivity index (χ3v) is 3.82. The molecule has 1 fully saturated rings. The summed E-state index contributed by atoms with van der Waals surface area (Å²) >= 11 is 0.